The minimum Gasteiger partial charge on any atom is -0.467 e. The molecule has 0 saturated carbocycles. The third-order valence-electron chi connectivity index (χ3n) is 6.02. The summed E-state index contributed by atoms with van der Waals surface area (Å²) >= 11 is 0. The number of aryl methyl sites for hydroxylation is 1. The molecule has 5 rings (SSSR count). The van der Waals surface area contributed by atoms with Crippen molar-refractivity contribution in [2.24, 2.45) is 5.10 Å². The first-order chi connectivity index (χ1) is 17.6. The van der Waals surface area contributed by atoms with E-state index in [-0.39, 0.29) is 24.4 Å². The molecule has 0 spiro atoms. The summed E-state index contributed by atoms with van der Waals surface area (Å²) in [5, 5.41) is 12.0. The highest BCUT2D eigenvalue weighted by atomic mass is 16.3. The SMILES string of the molecule is Cc1ccc(CNC(=O)c2ccccc2NCC(=O)N2N=C(c3ccco3)CC2c2ccco2)cc1. The maximum atomic E-state index is 13.2. The quantitative estimate of drug-likeness (QED) is 0.372. The van der Waals surface area contributed by atoms with E-state index in [0.29, 0.717) is 41.4 Å². The van der Waals surface area contributed by atoms with Crippen molar-refractivity contribution < 1.29 is 18.4 Å². The Morgan fingerprint density at radius 3 is 2.50 bits per heavy atom. The number of carbonyl (C=O) groups excluding carboxylic acids is 2. The van der Waals surface area contributed by atoms with Crippen LogP contribution < -0.4 is 10.6 Å². The predicted molar refractivity (Wildman–Crippen MR) is 135 cm³/mol. The summed E-state index contributed by atoms with van der Waals surface area (Å²) in [4.78, 5) is 26.1. The van der Waals surface area contributed by atoms with Gasteiger partial charge in [-0.1, -0.05) is 42.0 Å². The van der Waals surface area contributed by atoms with Crippen LogP contribution >= 0.6 is 0 Å². The Morgan fingerprint density at radius 1 is 0.972 bits per heavy atom. The van der Waals surface area contributed by atoms with Crippen LogP contribution in [0.15, 0.2) is 99.3 Å². The molecule has 182 valence electrons. The lowest BCUT2D eigenvalue weighted by atomic mass is 10.1. The number of furan rings is 2. The fraction of sp³-hybridized carbons (Fsp3) is 0.179. The third-order valence-corrected chi connectivity index (χ3v) is 6.02. The molecule has 36 heavy (non-hydrogen) atoms. The summed E-state index contributed by atoms with van der Waals surface area (Å²) in [7, 11) is 0. The van der Waals surface area contributed by atoms with Crippen LogP contribution in [0.25, 0.3) is 0 Å². The van der Waals surface area contributed by atoms with Crippen LogP contribution in [0.5, 0.6) is 0 Å². The average molecular weight is 483 g/mol. The fourth-order valence-electron chi connectivity index (χ4n) is 4.10. The van der Waals surface area contributed by atoms with Gasteiger partial charge in [0.1, 0.15) is 23.3 Å². The second-order valence-electron chi connectivity index (χ2n) is 8.57. The molecule has 8 heteroatoms. The van der Waals surface area contributed by atoms with E-state index in [4.69, 9.17) is 8.83 Å². The first kappa shape index (κ1) is 23.2. The third kappa shape index (κ3) is 5.07. The van der Waals surface area contributed by atoms with Crippen LogP contribution in [-0.4, -0.2) is 29.1 Å². The standard InChI is InChI=1S/C28H26N4O4/c1-19-10-12-20(13-11-19)17-30-28(34)21-6-2-3-7-22(21)29-18-27(33)32-24(26-9-5-15-36-26)16-23(31-32)25-8-4-14-35-25/h2-15,24,29H,16-18H2,1H3,(H,30,34). The Morgan fingerprint density at radius 2 is 1.75 bits per heavy atom. The average Bonchev–Trinajstić information content (AvgIpc) is 3.68. The van der Waals surface area contributed by atoms with Crippen LogP contribution in [0.1, 0.15) is 45.5 Å². The highest BCUT2D eigenvalue weighted by Crippen LogP contribution is 2.33. The lowest BCUT2D eigenvalue weighted by Gasteiger charge is -2.20. The highest BCUT2D eigenvalue weighted by Gasteiger charge is 2.35. The number of hydrogen-bond donors (Lipinski definition) is 2. The minimum atomic E-state index is -0.373. The van der Waals surface area contributed by atoms with Gasteiger partial charge in [-0.3, -0.25) is 9.59 Å². The van der Waals surface area contributed by atoms with E-state index in [1.165, 1.54) is 5.01 Å². The molecule has 2 aromatic heterocycles. The van der Waals surface area contributed by atoms with Crippen molar-refractivity contribution in [2.75, 3.05) is 11.9 Å². The van der Waals surface area contributed by atoms with Gasteiger partial charge in [0.2, 0.25) is 0 Å². The fourth-order valence-corrected chi connectivity index (χ4v) is 4.10. The molecule has 0 radical (unpaired) electrons. The summed E-state index contributed by atoms with van der Waals surface area (Å²) in [6.45, 7) is 2.39. The van der Waals surface area contributed by atoms with Gasteiger partial charge in [0, 0.05) is 18.7 Å². The topological polar surface area (TPSA) is 100 Å². The number of nitrogens with zero attached hydrogens (tertiary/aromatic N) is 2. The summed E-state index contributed by atoms with van der Waals surface area (Å²) in [6, 6.07) is 21.9. The number of anilines is 1. The van der Waals surface area contributed by atoms with Crippen molar-refractivity contribution in [3.63, 3.8) is 0 Å². The Balaban J connectivity index is 1.27. The van der Waals surface area contributed by atoms with Crippen LogP contribution in [0.2, 0.25) is 0 Å². The Bertz CT molecular complexity index is 1360. The van der Waals surface area contributed by atoms with E-state index < -0.39 is 0 Å². The number of hydrogen-bond acceptors (Lipinski definition) is 6. The first-order valence-corrected chi connectivity index (χ1v) is 11.7. The molecule has 4 aromatic rings. The second kappa shape index (κ2) is 10.4. The van der Waals surface area contributed by atoms with E-state index in [1.807, 2.05) is 49.4 Å². The Kier molecular flexibility index (Phi) is 6.66. The molecule has 1 aliphatic heterocycles. The maximum absolute atomic E-state index is 13.2. The number of hydrazone groups is 1. The molecule has 0 saturated heterocycles. The number of para-hydroxylation sites is 1. The Labute approximate surface area is 208 Å². The zero-order valence-corrected chi connectivity index (χ0v) is 19.8. The molecule has 2 N–H and O–H groups in total. The van der Waals surface area contributed by atoms with Gasteiger partial charge in [-0.15, -0.1) is 0 Å². The molecule has 0 aliphatic carbocycles. The zero-order valence-electron chi connectivity index (χ0n) is 19.8. The van der Waals surface area contributed by atoms with Gasteiger partial charge >= 0.3 is 0 Å². The van der Waals surface area contributed by atoms with Crippen molar-refractivity contribution >= 4 is 23.2 Å². The van der Waals surface area contributed by atoms with Crippen molar-refractivity contribution in [2.45, 2.75) is 25.9 Å². The molecular formula is C28H26N4O4. The van der Waals surface area contributed by atoms with E-state index >= 15 is 0 Å². The van der Waals surface area contributed by atoms with Crippen molar-refractivity contribution in [3.8, 4) is 0 Å². The molecule has 3 heterocycles. The van der Waals surface area contributed by atoms with Crippen molar-refractivity contribution in [3.05, 3.63) is 114 Å². The van der Waals surface area contributed by atoms with Gasteiger partial charge in [0.25, 0.3) is 11.8 Å². The molecule has 1 aliphatic rings. The second-order valence-corrected chi connectivity index (χ2v) is 8.57. The molecule has 0 fully saturated rings. The number of nitrogens with one attached hydrogen (secondary N) is 2. The van der Waals surface area contributed by atoms with Gasteiger partial charge < -0.3 is 19.5 Å². The van der Waals surface area contributed by atoms with Gasteiger partial charge in [-0.2, -0.15) is 5.10 Å². The summed E-state index contributed by atoms with van der Waals surface area (Å²) < 4.78 is 11.1. The largest absolute Gasteiger partial charge is 0.467 e. The van der Waals surface area contributed by atoms with Crippen molar-refractivity contribution in [1.29, 1.82) is 0 Å². The lowest BCUT2D eigenvalue weighted by molar-refractivity contribution is -0.131. The normalized spacial score (nSPS) is 15.0. The van der Waals surface area contributed by atoms with Crippen LogP contribution in [0, 0.1) is 6.92 Å². The van der Waals surface area contributed by atoms with E-state index in [1.54, 1.807) is 42.9 Å². The number of benzene rings is 2. The molecule has 1 atom stereocenters. The van der Waals surface area contributed by atoms with Crippen molar-refractivity contribution in [1.82, 2.24) is 10.3 Å². The van der Waals surface area contributed by atoms with Gasteiger partial charge in [-0.25, -0.2) is 5.01 Å². The summed E-state index contributed by atoms with van der Waals surface area (Å²) in [6.07, 6.45) is 3.63. The van der Waals surface area contributed by atoms with Crippen LogP contribution in [0.4, 0.5) is 5.69 Å². The molecule has 8 nitrogen and oxygen atoms in total. The molecule has 0 bridgehead atoms. The van der Waals surface area contributed by atoms with E-state index in [9.17, 15) is 9.59 Å². The molecule has 1 unspecified atom stereocenters. The van der Waals surface area contributed by atoms with E-state index in [2.05, 4.69) is 15.7 Å². The number of rotatable bonds is 8. The number of carbonyl (C=O) groups is 2. The zero-order chi connectivity index (χ0) is 24.9. The monoisotopic (exact) mass is 482 g/mol. The van der Waals surface area contributed by atoms with Crippen LogP contribution in [-0.2, 0) is 11.3 Å². The first-order valence-electron chi connectivity index (χ1n) is 11.7. The Hall–Kier alpha value is -4.59. The predicted octanol–water partition coefficient (Wildman–Crippen LogP) is 4.90. The van der Waals surface area contributed by atoms with Gasteiger partial charge in [-0.05, 0) is 48.9 Å². The maximum Gasteiger partial charge on any atom is 0.262 e. The van der Waals surface area contributed by atoms with Gasteiger partial charge in [0.15, 0.2) is 0 Å². The molecule has 2 amide bonds. The smallest absolute Gasteiger partial charge is 0.262 e. The molecular weight excluding hydrogens is 456 g/mol. The molecule has 2 aromatic carbocycles. The van der Waals surface area contributed by atoms with E-state index in [0.717, 1.165) is 11.1 Å². The summed E-state index contributed by atoms with van der Waals surface area (Å²) in [5.41, 5.74) is 3.87. The number of amides is 2. The highest BCUT2D eigenvalue weighted by molar-refractivity contribution is 6.02. The minimum absolute atomic E-state index is 0.0472. The summed E-state index contributed by atoms with van der Waals surface area (Å²) in [5.74, 6) is 0.779. The van der Waals surface area contributed by atoms with Gasteiger partial charge in [0.05, 0.1) is 24.6 Å². The lowest BCUT2D eigenvalue weighted by Crippen LogP contribution is -2.32. The van der Waals surface area contributed by atoms with Crippen LogP contribution in [0.3, 0.4) is 0 Å².